The molecule has 0 aromatic heterocycles. The molecule has 4 radical (unpaired) electrons. The Morgan fingerprint density at radius 2 is 1.36 bits per heavy atom. The first-order valence-corrected chi connectivity index (χ1v) is 3.31. The Bertz CT molecular complexity index is 212. The highest BCUT2D eigenvalue weighted by Crippen LogP contribution is 2.16. The van der Waals surface area contributed by atoms with Gasteiger partial charge in [-0.05, 0) is 31.0 Å². The third-order valence-corrected chi connectivity index (χ3v) is 1.95. The Labute approximate surface area is 90.2 Å². The second-order valence-electron chi connectivity index (χ2n) is 2.18. The molecule has 0 saturated carbocycles. The molecular weight excluding hydrogens is 236 g/mol. The van der Waals surface area contributed by atoms with E-state index in [-0.39, 0.29) is 29.8 Å². The van der Waals surface area contributed by atoms with Crippen LogP contribution in [0.25, 0.3) is 0 Å². The SMILES string of the molecule is Cc1cccc(Cl)c1C.F.F.F.F.[Si]. The van der Waals surface area contributed by atoms with Crippen LogP contribution in [0, 0.1) is 13.8 Å². The largest absolute Gasteiger partial charge is 0.269 e. The minimum Gasteiger partial charge on any atom is -0.269 e. The first kappa shape index (κ1) is 29.2. The quantitative estimate of drug-likeness (QED) is 0.489. The predicted molar refractivity (Wildman–Crippen MR) is 56.7 cm³/mol. The Balaban J connectivity index is -0.0000000540. The van der Waals surface area contributed by atoms with Crippen molar-refractivity contribution >= 4 is 22.6 Å². The molecule has 6 heteroatoms. The van der Waals surface area contributed by atoms with E-state index in [1.165, 1.54) is 11.1 Å². The highest BCUT2D eigenvalue weighted by Gasteiger charge is 1.93. The number of rotatable bonds is 0. The second-order valence-corrected chi connectivity index (χ2v) is 2.59. The molecule has 14 heavy (non-hydrogen) atoms. The zero-order valence-electron chi connectivity index (χ0n) is 7.74. The van der Waals surface area contributed by atoms with E-state index in [4.69, 9.17) is 11.6 Å². The van der Waals surface area contributed by atoms with E-state index in [0.717, 1.165) is 5.02 Å². The van der Waals surface area contributed by atoms with Gasteiger partial charge in [0, 0.05) is 16.0 Å². The Morgan fingerprint density at radius 3 is 1.64 bits per heavy atom. The number of halogens is 5. The summed E-state index contributed by atoms with van der Waals surface area (Å²) < 4.78 is 0. The van der Waals surface area contributed by atoms with Crippen molar-refractivity contribution in [2.45, 2.75) is 13.8 Å². The van der Waals surface area contributed by atoms with Crippen LogP contribution < -0.4 is 0 Å². The molecule has 0 heterocycles. The average molecular weight is 249 g/mol. The van der Waals surface area contributed by atoms with Crippen LogP contribution in [0.15, 0.2) is 18.2 Å². The fourth-order valence-electron chi connectivity index (χ4n) is 0.715. The van der Waals surface area contributed by atoms with Crippen molar-refractivity contribution in [3.05, 3.63) is 34.3 Å². The summed E-state index contributed by atoms with van der Waals surface area (Å²) in [6.07, 6.45) is 0. The van der Waals surface area contributed by atoms with E-state index in [1.807, 2.05) is 19.1 Å². The Morgan fingerprint density at radius 1 is 0.929 bits per heavy atom. The molecule has 0 saturated heterocycles. The van der Waals surface area contributed by atoms with Gasteiger partial charge in [-0.15, -0.1) is 0 Å². The summed E-state index contributed by atoms with van der Waals surface area (Å²) >= 11 is 5.81. The molecule has 0 fully saturated rings. The van der Waals surface area contributed by atoms with Gasteiger partial charge in [-0.25, -0.2) is 0 Å². The monoisotopic (exact) mass is 248 g/mol. The molecule has 0 nitrogen and oxygen atoms in total. The average Bonchev–Trinajstić information content (AvgIpc) is 1.83. The van der Waals surface area contributed by atoms with Crippen molar-refractivity contribution in [3.8, 4) is 0 Å². The lowest BCUT2D eigenvalue weighted by atomic mass is 10.1. The van der Waals surface area contributed by atoms with Crippen molar-refractivity contribution in [3.63, 3.8) is 0 Å². The van der Waals surface area contributed by atoms with Crippen molar-refractivity contribution in [1.82, 2.24) is 0 Å². The minimum absolute atomic E-state index is 0. The van der Waals surface area contributed by atoms with Crippen LogP contribution in [-0.4, -0.2) is 11.0 Å². The fraction of sp³-hybridized carbons (Fsp3) is 0.250. The molecule has 0 amide bonds. The third kappa shape index (κ3) is 6.91. The zero-order valence-corrected chi connectivity index (χ0v) is 9.50. The molecule has 0 aliphatic carbocycles. The first-order valence-electron chi connectivity index (χ1n) is 2.93. The molecule has 0 aliphatic heterocycles. The molecule has 84 valence electrons. The van der Waals surface area contributed by atoms with E-state index in [0.29, 0.717) is 0 Å². The van der Waals surface area contributed by atoms with Gasteiger partial charge in [0.05, 0.1) is 0 Å². The van der Waals surface area contributed by atoms with Crippen LogP contribution in [0.4, 0.5) is 18.8 Å². The van der Waals surface area contributed by atoms with Crippen LogP contribution in [-0.2, 0) is 0 Å². The van der Waals surface area contributed by atoms with Gasteiger partial charge in [-0.3, -0.25) is 18.8 Å². The normalized spacial score (nSPS) is 6.21. The lowest BCUT2D eigenvalue weighted by Gasteiger charge is -1.98. The van der Waals surface area contributed by atoms with Crippen molar-refractivity contribution in [2.75, 3.05) is 0 Å². The van der Waals surface area contributed by atoms with E-state index in [9.17, 15) is 0 Å². The molecular formula is C8H13ClF4Si. The molecule has 0 N–H and O–H groups in total. The van der Waals surface area contributed by atoms with Gasteiger partial charge in [0.15, 0.2) is 0 Å². The molecule has 0 bridgehead atoms. The highest BCUT2D eigenvalue weighted by atomic mass is 35.5. The van der Waals surface area contributed by atoms with Crippen LogP contribution >= 0.6 is 11.6 Å². The smallest absolute Gasteiger partial charge is 0.0437 e. The first-order chi connectivity index (χ1) is 4.22. The summed E-state index contributed by atoms with van der Waals surface area (Å²) in [5.74, 6) is 0. The maximum absolute atomic E-state index is 5.81. The van der Waals surface area contributed by atoms with Crippen LogP contribution in [0.2, 0.25) is 5.02 Å². The zero-order chi connectivity index (χ0) is 6.85. The number of aryl methyl sites for hydroxylation is 1. The van der Waals surface area contributed by atoms with E-state index >= 15 is 0 Å². The molecule has 0 unspecified atom stereocenters. The van der Waals surface area contributed by atoms with Gasteiger partial charge in [-0.2, -0.15) is 0 Å². The van der Waals surface area contributed by atoms with E-state index in [2.05, 4.69) is 13.0 Å². The Hall–Kier alpha value is -0.553. The molecule has 1 aromatic carbocycles. The third-order valence-electron chi connectivity index (χ3n) is 1.54. The highest BCUT2D eigenvalue weighted by molar-refractivity contribution is 6.31. The lowest BCUT2D eigenvalue weighted by Crippen LogP contribution is -1.78. The van der Waals surface area contributed by atoms with Crippen molar-refractivity contribution in [1.29, 1.82) is 0 Å². The Kier molecular flexibility index (Phi) is 26.0. The number of benzene rings is 1. The lowest BCUT2D eigenvalue weighted by molar-refractivity contribution is 1.11. The molecule has 0 spiro atoms. The summed E-state index contributed by atoms with van der Waals surface area (Å²) in [5.41, 5.74) is 2.43. The summed E-state index contributed by atoms with van der Waals surface area (Å²) in [6, 6.07) is 5.93. The van der Waals surface area contributed by atoms with Crippen LogP contribution in [0.3, 0.4) is 0 Å². The van der Waals surface area contributed by atoms with Crippen LogP contribution in [0.5, 0.6) is 0 Å². The van der Waals surface area contributed by atoms with Crippen molar-refractivity contribution in [2.24, 2.45) is 0 Å². The van der Waals surface area contributed by atoms with Gasteiger partial charge in [0.2, 0.25) is 0 Å². The van der Waals surface area contributed by atoms with Gasteiger partial charge in [-0.1, -0.05) is 23.7 Å². The summed E-state index contributed by atoms with van der Waals surface area (Å²) in [6.45, 7) is 4.08. The van der Waals surface area contributed by atoms with E-state index in [1.54, 1.807) is 0 Å². The molecule has 0 atom stereocenters. The molecule has 1 rings (SSSR count). The van der Waals surface area contributed by atoms with Gasteiger partial charge in [0.1, 0.15) is 0 Å². The van der Waals surface area contributed by atoms with Gasteiger partial charge < -0.3 is 0 Å². The van der Waals surface area contributed by atoms with Crippen LogP contribution in [0.1, 0.15) is 11.1 Å². The topological polar surface area (TPSA) is 0 Å². The fourth-order valence-corrected chi connectivity index (χ4v) is 0.937. The predicted octanol–water partition coefficient (Wildman–Crippen LogP) is 3.19. The maximum atomic E-state index is 5.81. The standard InChI is InChI=1S/C8H9Cl.4FH.Si/c1-6-4-3-5-8(9)7(6)2;;;;;/h3-5H,1-2H3;4*1H;. The maximum Gasteiger partial charge on any atom is 0.0437 e. The molecule has 1 aromatic rings. The number of hydrogen-bond donors (Lipinski definition) is 0. The van der Waals surface area contributed by atoms with Crippen molar-refractivity contribution < 1.29 is 18.8 Å². The molecule has 0 aliphatic rings. The second kappa shape index (κ2) is 12.4. The van der Waals surface area contributed by atoms with Gasteiger partial charge in [0.25, 0.3) is 0 Å². The summed E-state index contributed by atoms with van der Waals surface area (Å²) in [4.78, 5) is 0. The van der Waals surface area contributed by atoms with Gasteiger partial charge >= 0.3 is 0 Å². The number of hydrogen-bond acceptors (Lipinski definition) is 0. The summed E-state index contributed by atoms with van der Waals surface area (Å²) in [5, 5.41) is 0.856. The minimum atomic E-state index is 0. The summed E-state index contributed by atoms with van der Waals surface area (Å²) in [7, 11) is 0. The van der Waals surface area contributed by atoms with E-state index < -0.39 is 0 Å².